The number of methoxy groups -OCH3 is 1. The van der Waals surface area contributed by atoms with Gasteiger partial charge in [-0.2, -0.15) is 0 Å². The number of nitrogens with zero attached hydrogens (tertiary/aromatic N) is 1. The molecule has 2 aromatic rings. The molecule has 0 saturated carbocycles. The average molecular weight is 208 g/mol. The zero-order chi connectivity index (χ0) is 10.8. The Bertz CT molecular complexity index is 561. The van der Waals surface area contributed by atoms with Crippen molar-refractivity contribution in [1.29, 1.82) is 0 Å². The molecule has 0 aliphatic heterocycles. The topological polar surface area (TPSA) is 77.2 Å². The molecule has 0 bridgehead atoms. The van der Waals surface area contributed by atoms with E-state index in [0.29, 0.717) is 11.4 Å². The smallest absolute Gasteiger partial charge is 0.440 e. The lowest BCUT2D eigenvalue weighted by molar-refractivity contribution is 0.314. The number of rotatable bonds is 2. The molecule has 0 aliphatic rings. The van der Waals surface area contributed by atoms with Crippen LogP contribution in [0, 0.1) is 0 Å². The molecule has 2 rings (SSSR count). The van der Waals surface area contributed by atoms with Gasteiger partial charge >= 0.3 is 11.4 Å². The fourth-order valence-electron chi connectivity index (χ4n) is 1.17. The van der Waals surface area contributed by atoms with E-state index in [1.54, 1.807) is 24.3 Å². The van der Waals surface area contributed by atoms with Crippen molar-refractivity contribution in [3.63, 3.8) is 0 Å². The number of H-pyrrole nitrogens is 1. The minimum atomic E-state index is -0.782. The molecule has 0 saturated heterocycles. The van der Waals surface area contributed by atoms with Crippen LogP contribution in [0.5, 0.6) is 5.75 Å². The lowest BCUT2D eigenvalue weighted by Crippen LogP contribution is -2.14. The first-order valence-corrected chi connectivity index (χ1v) is 4.18. The van der Waals surface area contributed by atoms with Gasteiger partial charge in [0.1, 0.15) is 5.75 Å². The predicted molar refractivity (Wildman–Crippen MR) is 51.5 cm³/mol. The second kappa shape index (κ2) is 3.49. The molecule has 15 heavy (non-hydrogen) atoms. The molecule has 6 nitrogen and oxygen atoms in total. The van der Waals surface area contributed by atoms with E-state index in [-0.39, 0.29) is 0 Å². The van der Waals surface area contributed by atoms with Gasteiger partial charge in [-0.3, -0.25) is 0 Å². The van der Waals surface area contributed by atoms with Gasteiger partial charge in [0, 0.05) is 0 Å². The molecule has 6 heteroatoms. The maximum atomic E-state index is 11.2. The maximum absolute atomic E-state index is 11.2. The third-order valence-corrected chi connectivity index (χ3v) is 1.87. The molecular formula is C9H8N2O4. The highest BCUT2D eigenvalue weighted by atomic mass is 16.5. The lowest BCUT2D eigenvalue weighted by Gasteiger charge is -2.00. The number of ether oxygens (including phenoxy) is 1. The molecule has 0 radical (unpaired) electrons. The summed E-state index contributed by atoms with van der Waals surface area (Å²) in [6, 6.07) is 6.54. The zero-order valence-corrected chi connectivity index (χ0v) is 7.89. The molecule has 0 fully saturated rings. The highest BCUT2D eigenvalue weighted by molar-refractivity contribution is 5.35. The van der Waals surface area contributed by atoms with Crippen molar-refractivity contribution < 1.29 is 9.26 Å². The van der Waals surface area contributed by atoms with Crippen molar-refractivity contribution in [2.75, 3.05) is 7.11 Å². The highest BCUT2D eigenvalue weighted by Gasteiger charge is 2.04. The van der Waals surface area contributed by atoms with Crippen LogP contribution in [0.2, 0.25) is 0 Å². The Hall–Kier alpha value is -2.24. The van der Waals surface area contributed by atoms with E-state index in [1.165, 1.54) is 7.11 Å². The summed E-state index contributed by atoms with van der Waals surface area (Å²) in [5, 5.41) is 0. The summed E-state index contributed by atoms with van der Waals surface area (Å²) < 4.78 is 10.5. The Morgan fingerprint density at radius 2 is 1.93 bits per heavy atom. The van der Waals surface area contributed by atoms with E-state index in [4.69, 9.17) is 4.74 Å². The minimum absolute atomic E-state index is 0.458. The number of benzene rings is 1. The van der Waals surface area contributed by atoms with E-state index in [9.17, 15) is 9.59 Å². The molecule has 1 aromatic carbocycles. The molecular weight excluding hydrogens is 200 g/mol. The van der Waals surface area contributed by atoms with Crippen LogP contribution in [-0.4, -0.2) is 16.8 Å². The largest absolute Gasteiger partial charge is 0.497 e. The number of hydrogen-bond acceptors (Lipinski definition) is 4. The van der Waals surface area contributed by atoms with Gasteiger partial charge in [-0.1, -0.05) is 0 Å². The van der Waals surface area contributed by atoms with E-state index in [1.807, 2.05) is 4.98 Å². The van der Waals surface area contributed by atoms with Gasteiger partial charge in [0.15, 0.2) is 0 Å². The van der Waals surface area contributed by atoms with Crippen LogP contribution in [0.4, 0.5) is 0 Å². The number of hydrogen-bond donors (Lipinski definition) is 1. The van der Waals surface area contributed by atoms with E-state index in [2.05, 4.69) is 4.52 Å². The minimum Gasteiger partial charge on any atom is -0.497 e. The average Bonchev–Trinajstić information content (AvgIpc) is 2.58. The van der Waals surface area contributed by atoms with Gasteiger partial charge in [-0.15, -0.1) is 4.74 Å². The van der Waals surface area contributed by atoms with Crippen molar-refractivity contribution in [3.05, 3.63) is 45.3 Å². The van der Waals surface area contributed by atoms with Crippen LogP contribution in [0.25, 0.3) is 5.69 Å². The predicted octanol–water partition coefficient (Wildman–Crippen LogP) is 0.127. The Kier molecular flexibility index (Phi) is 2.17. The monoisotopic (exact) mass is 208 g/mol. The highest BCUT2D eigenvalue weighted by Crippen LogP contribution is 2.12. The number of aromatic amines is 1. The van der Waals surface area contributed by atoms with Crippen LogP contribution in [-0.2, 0) is 0 Å². The maximum Gasteiger partial charge on any atom is 0.440 e. The molecule has 1 heterocycles. The zero-order valence-electron chi connectivity index (χ0n) is 7.89. The molecule has 1 aromatic heterocycles. The van der Waals surface area contributed by atoms with Gasteiger partial charge in [0.05, 0.1) is 12.8 Å². The molecule has 0 aliphatic carbocycles. The van der Waals surface area contributed by atoms with E-state index in [0.717, 1.165) is 4.74 Å². The second-order valence-electron chi connectivity index (χ2n) is 2.80. The summed E-state index contributed by atoms with van der Waals surface area (Å²) in [7, 11) is 1.54. The van der Waals surface area contributed by atoms with Crippen LogP contribution >= 0.6 is 0 Å². The third-order valence-electron chi connectivity index (χ3n) is 1.87. The molecule has 0 atom stereocenters. The fraction of sp³-hybridized carbons (Fsp3) is 0.111. The Labute approximate surface area is 83.7 Å². The van der Waals surface area contributed by atoms with Crippen molar-refractivity contribution in [2.24, 2.45) is 0 Å². The van der Waals surface area contributed by atoms with Gasteiger partial charge in [-0.25, -0.2) is 14.6 Å². The van der Waals surface area contributed by atoms with Gasteiger partial charge < -0.3 is 9.26 Å². The summed E-state index contributed by atoms with van der Waals surface area (Å²) in [4.78, 5) is 23.9. The summed E-state index contributed by atoms with van der Waals surface area (Å²) in [6.07, 6.45) is 0. The molecule has 0 amide bonds. The van der Waals surface area contributed by atoms with Crippen molar-refractivity contribution >= 4 is 0 Å². The first kappa shape index (κ1) is 9.32. The van der Waals surface area contributed by atoms with E-state index >= 15 is 0 Å². The normalized spacial score (nSPS) is 10.2. The van der Waals surface area contributed by atoms with Crippen molar-refractivity contribution in [2.45, 2.75) is 0 Å². The quantitative estimate of drug-likeness (QED) is 0.760. The van der Waals surface area contributed by atoms with Gasteiger partial charge in [-0.05, 0) is 24.3 Å². The van der Waals surface area contributed by atoms with Crippen LogP contribution in [0.15, 0.2) is 38.4 Å². The Morgan fingerprint density at radius 1 is 1.27 bits per heavy atom. The number of aromatic nitrogens is 2. The Morgan fingerprint density at radius 3 is 2.40 bits per heavy atom. The van der Waals surface area contributed by atoms with Crippen LogP contribution in [0.3, 0.4) is 0 Å². The number of nitrogens with one attached hydrogen (secondary N) is 1. The first-order chi connectivity index (χ1) is 7.20. The van der Waals surface area contributed by atoms with Gasteiger partial charge in [0.2, 0.25) is 0 Å². The standard InChI is InChI=1S/C9H8N2O4/c1-14-7-4-2-6(3-5-7)11-8(12)10-9(13)15-11/h2-5H,1H3,(H,10,12,13). The van der Waals surface area contributed by atoms with E-state index < -0.39 is 11.4 Å². The van der Waals surface area contributed by atoms with Crippen LogP contribution < -0.4 is 16.2 Å². The molecule has 78 valence electrons. The SMILES string of the molecule is COc1ccc(-n2oc(=O)[nH]c2=O)cc1. The third kappa shape index (κ3) is 1.69. The molecule has 0 spiro atoms. The lowest BCUT2D eigenvalue weighted by atomic mass is 10.3. The van der Waals surface area contributed by atoms with Gasteiger partial charge in [0.25, 0.3) is 0 Å². The summed E-state index contributed by atoms with van der Waals surface area (Å²) >= 11 is 0. The fourth-order valence-corrected chi connectivity index (χ4v) is 1.17. The van der Waals surface area contributed by atoms with Crippen LogP contribution in [0.1, 0.15) is 0 Å². The summed E-state index contributed by atoms with van der Waals surface area (Å²) in [5.41, 5.74) is -0.149. The van der Waals surface area contributed by atoms with Crippen molar-refractivity contribution in [1.82, 2.24) is 9.72 Å². The first-order valence-electron chi connectivity index (χ1n) is 4.18. The summed E-state index contributed by atoms with van der Waals surface area (Å²) in [5.74, 6) is -0.125. The molecule has 0 unspecified atom stereocenters. The molecule has 1 N–H and O–H groups in total. The second-order valence-corrected chi connectivity index (χ2v) is 2.80. The van der Waals surface area contributed by atoms with Crippen molar-refractivity contribution in [3.8, 4) is 11.4 Å². The summed E-state index contributed by atoms with van der Waals surface area (Å²) in [6.45, 7) is 0. The Balaban J connectivity index is 2.50.